The van der Waals surface area contributed by atoms with Crippen molar-refractivity contribution in [3.63, 3.8) is 0 Å². The van der Waals surface area contributed by atoms with Gasteiger partial charge in [-0.15, -0.1) is 0 Å². The predicted octanol–water partition coefficient (Wildman–Crippen LogP) is 5.21. The largest absolute Gasteiger partial charge is 0.339 e. The smallest absolute Gasteiger partial charge is 0.256 e. The summed E-state index contributed by atoms with van der Waals surface area (Å²) in [7, 11) is 0. The Morgan fingerprint density at radius 2 is 1.54 bits per heavy atom. The Bertz CT molecular complexity index is 1480. The third kappa shape index (κ3) is 4.89. The molecule has 0 aliphatic carbocycles. The van der Waals surface area contributed by atoms with Gasteiger partial charge in [-0.05, 0) is 29.8 Å². The molecule has 5 aromatic rings. The van der Waals surface area contributed by atoms with Crippen LogP contribution in [0.1, 0.15) is 37.7 Å². The molecule has 0 saturated carbocycles. The van der Waals surface area contributed by atoms with Gasteiger partial charge in [0.2, 0.25) is 11.7 Å². The van der Waals surface area contributed by atoms with Crippen molar-refractivity contribution in [3.8, 4) is 11.4 Å². The summed E-state index contributed by atoms with van der Waals surface area (Å²) in [5.74, 6) is 0.269. The van der Waals surface area contributed by atoms with E-state index in [4.69, 9.17) is 4.52 Å². The highest BCUT2D eigenvalue weighted by atomic mass is 16.5. The third-order valence-electron chi connectivity index (χ3n) is 5.45. The summed E-state index contributed by atoms with van der Waals surface area (Å²) in [6, 6.07) is 26.7. The Morgan fingerprint density at radius 3 is 2.34 bits per heavy atom. The van der Waals surface area contributed by atoms with E-state index in [-0.39, 0.29) is 11.7 Å². The Labute approximate surface area is 201 Å². The van der Waals surface area contributed by atoms with Crippen LogP contribution in [-0.4, -0.2) is 26.8 Å². The van der Waals surface area contributed by atoms with Gasteiger partial charge in [0.25, 0.3) is 5.91 Å². The van der Waals surface area contributed by atoms with Gasteiger partial charge in [-0.2, -0.15) is 4.98 Å². The van der Waals surface area contributed by atoms with Gasteiger partial charge in [0.15, 0.2) is 5.78 Å². The van der Waals surface area contributed by atoms with Crippen molar-refractivity contribution >= 4 is 17.4 Å². The fraction of sp³-hybridized carbons (Fsp3) is 0.0357. The number of carbonyl (C=O) groups is 2. The number of nitrogens with one attached hydrogen (secondary N) is 1. The van der Waals surface area contributed by atoms with Crippen molar-refractivity contribution in [1.29, 1.82) is 0 Å². The van der Waals surface area contributed by atoms with Crippen molar-refractivity contribution in [1.82, 2.24) is 15.1 Å². The van der Waals surface area contributed by atoms with E-state index in [0.29, 0.717) is 40.5 Å². The van der Waals surface area contributed by atoms with Gasteiger partial charge in [0.1, 0.15) is 0 Å². The highest BCUT2D eigenvalue weighted by Crippen LogP contribution is 2.22. The summed E-state index contributed by atoms with van der Waals surface area (Å²) in [5.41, 5.74) is 3.31. The van der Waals surface area contributed by atoms with Crippen LogP contribution in [0, 0.1) is 0 Å². The minimum atomic E-state index is -0.376. The van der Waals surface area contributed by atoms with Gasteiger partial charge in [0, 0.05) is 34.8 Å². The molecule has 0 unspecified atom stereocenters. The van der Waals surface area contributed by atoms with Crippen LogP contribution in [0.15, 0.2) is 108 Å². The Morgan fingerprint density at radius 1 is 0.800 bits per heavy atom. The van der Waals surface area contributed by atoms with Gasteiger partial charge < -0.3 is 9.84 Å². The zero-order valence-electron chi connectivity index (χ0n) is 18.6. The second kappa shape index (κ2) is 9.93. The topological polar surface area (TPSA) is 98.0 Å². The summed E-state index contributed by atoms with van der Waals surface area (Å²) in [4.78, 5) is 34.8. The van der Waals surface area contributed by atoms with E-state index < -0.39 is 0 Å². The van der Waals surface area contributed by atoms with E-state index >= 15 is 0 Å². The standard InChI is InChI=1S/C28H20N4O3/c33-26(19-9-2-1-3-10-19)22-13-5-6-14-23(22)28(34)30-24-15-7-4-11-20(24)17-25-31-27(32-35-25)21-12-8-16-29-18-21/h1-16,18H,17H2,(H,30,34). The van der Waals surface area contributed by atoms with E-state index in [1.54, 1.807) is 73.1 Å². The molecule has 0 saturated heterocycles. The highest BCUT2D eigenvalue weighted by Gasteiger charge is 2.19. The maximum atomic E-state index is 13.2. The first-order chi connectivity index (χ1) is 17.2. The van der Waals surface area contributed by atoms with Gasteiger partial charge in [-0.1, -0.05) is 71.9 Å². The molecule has 7 heteroatoms. The number of para-hydroxylation sites is 1. The Balaban J connectivity index is 1.38. The lowest BCUT2D eigenvalue weighted by Crippen LogP contribution is -2.17. The molecule has 3 aromatic carbocycles. The van der Waals surface area contributed by atoms with Gasteiger partial charge in [0.05, 0.1) is 12.0 Å². The van der Waals surface area contributed by atoms with Crippen molar-refractivity contribution in [2.45, 2.75) is 6.42 Å². The molecule has 0 bridgehead atoms. The summed E-state index contributed by atoms with van der Waals surface area (Å²) in [5, 5.41) is 6.97. The zero-order chi connectivity index (χ0) is 24.0. The average Bonchev–Trinajstić information content (AvgIpc) is 3.39. The van der Waals surface area contributed by atoms with Crippen molar-refractivity contribution in [2.75, 3.05) is 5.32 Å². The molecule has 7 nitrogen and oxygen atoms in total. The lowest BCUT2D eigenvalue weighted by Gasteiger charge is -2.12. The molecule has 2 heterocycles. The van der Waals surface area contributed by atoms with Crippen LogP contribution in [0.2, 0.25) is 0 Å². The van der Waals surface area contributed by atoms with Gasteiger partial charge in [-0.3, -0.25) is 14.6 Å². The van der Waals surface area contributed by atoms with Crippen LogP contribution >= 0.6 is 0 Å². The van der Waals surface area contributed by atoms with Crippen LogP contribution in [-0.2, 0) is 6.42 Å². The highest BCUT2D eigenvalue weighted by molar-refractivity contribution is 6.17. The molecule has 0 aliphatic heterocycles. The van der Waals surface area contributed by atoms with E-state index in [1.165, 1.54) is 0 Å². The van der Waals surface area contributed by atoms with Crippen LogP contribution in [0.4, 0.5) is 5.69 Å². The summed E-state index contributed by atoms with van der Waals surface area (Å²) >= 11 is 0. The molecule has 2 aromatic heterocycles. The first kappa shape index (κ1) is 21.9. The van der Waals surface area contributed by atoms with E-state index in [9.17, 15) is 9.59 Å². The molecular weight excluding hydrogens is 440 g/mol. The number of nitrogens with zero attached hydrogens (tertiary/aromatic N) is 3. The molecule has 1 amide bonds. The maximum absolute atomic E-state index is 13.2. The number of carbonyl (C=O) groups excluding carboxylic acids is 2. The number of benzene rings is 3. The molecule has 170 valence electrons. The molecule has 0 atom stereocenters. The Hall–Kier alpha value is -4.91. The fourth-order valence-electron chi connectivity index (χ4n) is 3.71. The first-order valence-corrected chi connectivity index (χ1v) is 11.0. The van der Waals surface area contributed by atoms with E-state index in [0.717, 1.165) is 11.1 Å². The molecule has 0 spiro atoms. The van der Waals surface area contributed by atoms with Crippen LogP contribution in [0.5, 0.6) is 0 Å². The van der Waals surface area contributed by atoms with E-state index in [2.05, 4.69) is 20.4 Å². The minimum Gasteiger partial charge on any atom is -0.339 e. The van der Waals surface area contributed by atoms with Crippen LogP contribution in [0.3, 0.4) is 0 Å². The quantitative estimate of drug-likeness (QED) is 0.335. The number of hydrogen-bond donors (Lipinski definition) is 1. The summed E-state index contributed by atoms with van der Waals surface area (Å²) in [6.45, 7) is 0. The lowest BCUT2D eigenvalue weighted by atomic mass is 9.97. The number of rotatable bonds is 7. The SMILES string of the molecule is O=C(Nc1ccccc1Cc1nc(-c2cccnc2)no1)c1ccccc1C(=O)c1ccccc1. The summed E-state index contributed by atoms with van der Waals surface area (Å²) < 4.78 is 5.42. The van der Waals surface area contributed by atoms with Crippen LogP contribution < -0.4 is 5.32 Å². The zero-order valence-corrected chi connectivity index (χ0v) is 18.6. The minimum absolute atomic E-state index is 0.210. The molecule has 35 heavy (non-hydrogen) atoms. The average molecular weight is 460 g/mol. The van der Waals surface area contributed by atoms with E-state index in [1.807, 2.05) is 30.3 Å². The lowest BCUT2D eigenvalue weighted by molar-refractivity contribution is 0.0996. The van der Waals surface area contributed by atoms with Crippen molar-refractivity contribution < 1.29 is 14.1 Å². The normalized spacial score (nSPS) is 10.6. The third-order valence-corrected chi connectivity index (χ3v) is 5.45. The van der Waals surface area contributed by atoms with Crippen molar-refractivity contribution in [3.05, 3.63) is 132 Å². The van der Waals surface area contributed by atoms with Gasteiger partial charge in [-0.25, -0.2) is 0 Å². The fourth-order valence-corrected chi connectivity index (χ4v) is 3.71. The summed E-state index contributed by atoms with van der Waals surface area (Å²) in [6.07, 6.45) is 3.67. The second-order valence-electron chi connectivity index (χ2n) is 7.78. The molecular formula is C28H20N4O3. The molecule has 0 radical (unpaired) electrons. The number of aromatic nitrogens is 3. The number of amides is 1. The number of anilines is 1. The predicted molar refractivity (Wildman–Crippen MR) is 131 cm³/mol. The van der Waals surface area contributed by atoms with Crippen LogP contribution in [0.25, 0.3) is 11.4 Å². The number of ketones is 1. The monoisotopic (exact) mass is 460 g/mol. The Kier molecular flexibility index (Phi) is 6.21. The van der Waals surface area contributed by atoms with Gasteiger partial charge >= 0.3 is 0 Å². The molecule has 5 rings (SSSR count). The first-order valence-electron chi connectivity index (χ1n) is 11.0. The van der Waals surface area contributed by atoms with Crippen molar-refractivity contribution in [2.24, 2.45) is 0 Å². The molecule has 1 N–H and O–H groups in total. The second-order valence-corrected chi connectivity index (χ2v) is 7.78. The molecule has 0 fully saturated rings. The number of pyridine rings is 1. The maximum Gasteiger partial charge on any atom is 0.256 e. The molecule has 0 aliphatic rings. The number of hydrogen-bond acceptors (Lipinski definition) is 6.